The Hall–Kier alpha value is -1.90. The molecule has 0 unspecified atom stereocenters. The van der Waals surface area contributed by atoms with E-state index in [1.54, 1.807) is 24.3 Å². The molecule has 1 aliphatic rings. The Morgan fingerprint density at radius 1 is 1.15 bits per heavy atom. The molecule has 0 atom stereocenters. The van der Waals surface area contributed by atoms with Crippen LogP contribution in [-0.2, 0) is 0 Å². The number of rotatable bonds is 4. The van der Waals surface area contributed by atoms with Crippen molar-refractivity contribution >= 4 is 16.7 Å². The lowest BCUT2D eigenvalue weighted by Crippen LogP contribution is -2.27. The van der Waals surface area contributed by atoms with Crippen LogP contribution in [0.15, 0.2) is 36.4 Å². The van der Waals surface area contributed by atoms with Gasteiger partial charge in [0, 0.05) is 17.5 Å². The van der Waals surface area contributed by atoms with Crippen molar-refractivity contribution in [3.63, 3.8) is 0 Å². The number of hydrogen-bond acceptors (Lipinski definition) is 1. The van der Waals surface area contributed by atoms with Crippen LogP contribution in [0.2, 0.25) is 0 Å². The van der Waals surface area contributed by atoms with Gasteiger partial charge in [-0.2, -0.15) is 0 Å². The molecule has 3 heteroatoms. The zero-order valence-corrected chi connectivity index (χ0v) is 11.4. The van der Waals surface area contributed by atoms with Crippen LogP contribution in [0.3, 0.4) is 0 Å². The molecule has 0 radical (unpaired) electrons. The smallest absolute Gasteiger partial charge is 0.251 e. The van der Waals surface area contributed by atoms with Gasteiger partial charge in [0.15, 0.2) is 0 Å². The Morgan fingerprint density at radius 2 is 1.90 bits per heavy atom. The molecule has 2 aromatic carbocycles. The van der Waals surface area contributed by atoms with Gasteiger partial charge in [-0.3, -0.25) is 4.79 Å². The summed E-state index contributed by atoms with van der Waals surface area (Å²) in [7, 11) is 0. The second-order valence-electron chi connectivity index (χ2n) is 5.48. The fraction of sp³-hybridized carbons (Fsp3) is 0.353. The maximum atomic E-state index is 13.7. The summed E-state index contributed by atoms with van der Waals surface area (Å²) < 4.78 is 13.7. The van der Waals surface area contributed by atoms with Crippen molar-refractivity contribution in [2.75, 3.05) is 6.54 Å². The lowest BCUT2D eigenvalue weighted by Gasteiger charge is -2.25. The maximum Gasteiger partial charge on any atom is 0.251 e. The van der Waals surface area contributed by atoms with Crippen molar-refractivity contribution in [2.45, 2.75) is 25.7 Å². The summed E-state index contributed by atoms with van der Waals surface area (Å²) in [6.45, 7) is 0.704. The Balaban J connectivity index is 1.75. The third-order valence-corrected chi connectivity index (χ3v) is 4.18. The van der Waals surface area contributed by atoms with Gasteiger partial charge in [-0.25, -0.2) is 4.39 Å². The first-order valence-electron chi connectivity index (χ1n) is 7.21. The monoisotopic (exact) mass is 271 g/mol. The van der Waals surface area contributed by atoms with E-state index in [2.05, 4.69) is 5.32 Å². The van der Waals surface area contributed by atoms with Crippen molar-refractivity contribution in [3.8, 4) is 0 Å². The van der Waals surface area contributed by atoms with Gasteiger partial charge in [0.05, 0.1) is 0 Å². The summed E-state index contributed by atoms with van der Waals surface area (Å²) >= 11 is 0. The zero-order chi connectivity index (χ0) is 13.9. The molecule has 0 aromatic heterocycles. The van der Waals surface area contributed by atoms with E-state index >= 15 is 0 Å². The van der Waals surface area contributed by atoms with Crippen LogP contribution < -0.4 is 5.32 Å². The Bertz CT molecular complexity index is 634. The molecule has 1 aliphatic carbocycles. The fourth-order valence-corrected chi connectivity index (χ4v) is 2.73. The molecular weight excluding hydrogens is 253 g/mol. The number of amides is 1. The zero-order valence-electron chi connectivity index (χ0n) is 11.4. The van der Waals surface area contributed by atoms with Crippen LogP contribution in [0, 0.1) is 11.7 Å². The van der Waals surface area contributed by atoms with E-state index in [1.165, 1.54) is 25.3 Å². The lowest BCUT2D eigenvalue weighted by atomic mass is 9.83. The van der Waals surface area contributed by atoms with Crippen LogP contribution >= 0.6 is 0 Å². The van der Waals surface area contributed by atoms with Crippen LogP contribution in [0.1, 0.15) is 36.0 Å². The Labute approximate surface area is 118 Å². The number of benzene rings is 2. The first kappa shape index (κ1) is 13.1. The Morgan fingerprint density at radius 3 is 2.60 bits per heavy atom. The molecule has 0 aliphatic heterocycles. The predicted molar refractivity (Wildman–Crippen MR) is 78.2 cm³/mol. The van der Waals surface area contributed by atoms with Crippen molar-refractivity contribution < 1.29 is 9.18 Å². The fourth-order valence-electron chi connectivity index (χ4n) is 2.73. The van der Waals surface area contributed by atoms with Gasteiger partial charge in [0.2, 0.25) is 0 Å². The van der Waals surface area contributed by atoms with E-state index in [0.717, 1.165) is 12.3 Å². The van der Waals surface area contributed by atoms with E-state index in [1.807, 2.05) is 6.07 Å². The van der Waals surface area contributed by atoms with E-state index in [-0.39, 0.29) is 11.7 Å². The van der Waals surface area contributed by atoms with Crippen molar-refractivity contribution in [1.82, 2.24) is 5.32 Å². The van der Waals surface area contributed by atoms with Crippen molar-refractivity contribution in [3.05, 3.63) is 47.8 Å². The topological polar surface area (TPSA) is 29.1 Å². The van der Waals surface area contributed by atoms with E-state index in [9.17, 15) is 9.18 Å². The average Bonchev–Trinajstić information content (AvgIpc) is 2.42. The Kier molecular flexibility index (Phi) is 3.68. The lowest BCUT2D eigenvalue weighted by molar-refractivity contribution is 0.0950. The highest BCUT2D eigenvalue weighted by Crippen LogP contribution is 2.28. The highest BCUT2D eigenvalue weighted by Gasteiger charge is 2.17. The minimum Gasteiger partial charge on any atom is -0.352 e. The van der Waals surface area contributed by atoms with E-state index in [0.29, 0.717) is 22.9 Å². The van der Waals surface area contributed by atoms with E-state index in [4.69, 9.17) is 0 Å². The summed E-state index contributed by atoms with van der Waals surface area (Å²) in [5, 5.41) is 4.12. The average molecular weight is 271 g/mol. The minimum atomic E-state index is -0.286. The number of hydrogen-bond donors (Lipinski definition) is 1. The van der Waals surface area contributed by atoms with Gasteiger partial charge >= 0.3 is 0 Å². The van der Waals surface area contributed by atoms with Gasteiger partial charge < -0.3 is 5.32 Å². The number of nitrogens with one attached hydrogen (secondary N) is 1. The second kappa shape index (κ2) is 5.61. The number of carbonyl (C=O) groups is 1. The third kappa shape index (κ3) is 2.53. The van der Waals surface area contributed by atoms with Crippen LogP contribution in [0.25, 0.3) is 10.8 Å². The number of carbonyl (C=O) groups excluding carboxylic acids is 1. The van der Waals surface area contributed by atoms with Crippen molar-refractivity contribution in [1.29, 1.82) is 0 Å². The summed E-state index contributed by atoms with van der Waals surface area (Å²) in [5.41, 5.74) is 0.551. The van der Waals surface area contributed by atoms with E-state index < -0.39 is 0 Å². The summed E-state index contributed by atoms with van der Waals surface area (Å²) in [5.74, 6) is 0.382. The van der Waals surface area contributed by atoms with Crippen LogP contribution in [0.4, 0.5) is 4.39 Å². The molecule has 20 heavy (non-hydrogen) atoms. The molecule has 3 rings (SSSR count). The molecule has 1 N–H and O–H groups in total. The van der Waals surface area contributed by atoms with Crippen LogP contribution in [-0.4, -0.2) is 12.5 Å². The second-order valence-corrected chi connectivity index (χ2v) is 5.48. The molecule has 0 spiro atoms. The standard InChI is InChI=1S/C17H18FNO/c18-16-9-8-15(13-6-1-2-7-14(13)16)17(20)19-11-10-12-4-3-5-12/h1-2,6-9,12H,3-5,10-11H2,(H,19,20). The third-order valence-electron chi connectivity index (χ3n) is 4.18. The van der Waals surface area contributed by atoms with Crippen LogP contribution in [0.5, 0.6) is 0 Å². The first-order chi connectivity index (χ1) is 9.75. The first-order valence-corrected chi connectivity index (χ1v) is 7.21. The summed E-state index contributed by atoms with van der Waals surface area (Å²) in [6, 6.07) is 10.0. The summed E-state index contributed by atoms with van der Waals surface area (Å²) in [6.07, 6.45) is 4.94. The molecule has 1 amide bonds. The number of fused-ring (bicyclic) bond motifs is 1. The molecule has 2 aromatic rings. The normalized spacial score (nSPS) is 15.1. The van der Waals surface area contributed by atoms with Gasteiger partial charge in [0.25, 0.3) is 5.91 Å². The largest absolute Gasteiger partial charge is 0.352 e. The molecule has 0 heterocycles. The molecule has 0 bridgehead atoms. The van der Waals surface area contributed by atoms with Gasteiger partial charge in [-0.1, -0.05) is 43.5 Å². The number of halogens is 1. The summed E-state index contributed by atoms with van der Waals surface area (Å²) in [4.78, 5) is 12.2. The molecule has 104 valence electrons. The van der Waals surface area contributed by atoms with Gasteiger partial charge in [0.1, 0.15) is 5.82 Å². The maximum absolute atomic E-state index is 13.7. The SMILES string of the molecule is O=C(NCCC1CCC1)c1ccc(F)c2ccccc12. The predicted octanol–water partition coefficient (Wildman–Crippen LogP) is 3.90. The highest BCUT2D eigenvalue weighted by molar-refractivity contribution is 6.07. The molecule has 0 saturated heterocycles. The molecule has 1 saturated carbocycles. The molecule has 1 fully saturated rings. The highest BCUT2D eigenvalue weighted by atomic mass is 19.1. The molecular formula is C17H18FNO. The molecule has 2 nitrogen and oxygen atoms in total. The van der Waals surface area contributed by atoms with Crippen molar-refractivity contribution in [2.24, 2.45) is 5.92 Å². The quantitative estimate of drug-likeness (QED) is 0.897. The van der Waals surface area contributed by atoms with Gasteiger partial charge in [-0.15, -0.1) is 0 Å². The minimum absolute atomic E-state index is 0.111. The van der Waals surface area contributed by atoms with Gasteiger partial charge in [-0.05, 0) is 29.9 Å².